The average Bonchev–Trinajstić information content (AvgIpc) is 2.37. The van der Waals surface area contributed by atoms with Crippen LogP contribution in [0, 0.1) is 0 Å². The topological polar surface area (TPSA) is 43.4 Å². The van der Waals surface area contributed by atoms with Crippen molar-refractivity contribution in [3.8, 4) is 0 Å². The maximum Gasteiger partial charge on any atom is 0.377 e. The third-order valence-corrected chi connectivity index (χ3v) is 2.68. The number of hydrogen-bond acceptors (Lipinski definition) is 3. The molecule has 3 nitrogen and oxygen atoms in total. The molecule has 0 bridgehead atoms. The number of ketones is 1. The van der Waals surface area contributed by atoms with E-state index < -0.39 is 30.0 Å². The minimum Gasteiger partial charge on any atom is -0.462 e. The van der Waals surface area contributed by atoms with Crippen LogP contribution in [0.25, 0.3) is 0 Å². The molecule has 1 aromatic rings. The van der Waals surface area contributed by atoms with Crippen LogP contribution >= 0.6 is 0 Å². The highest BCUT2D eigenvalue weighted by molar-refractivity contribution is 5.82. The molecule has 19 heavy (non-hydrogen) atoms. The predicted octanol–water partition coefficient (Wildman–Crippen LogP) is 2.95. The van der Waals surface area contributed by atoms with Crippen LogP contribution < -0.4 is 0 Å². The molecule has 0 N–H and O–H groups in total. The number of Topliss-reactive ketones (excluding diaryl/α,β-unsaturated/α-hetero) is 1. The van der Waals surface area contributed by atoms with Crippen molar-refractivity contribution in [2.24, 2.45) is 0 Å². The summed E-state index contributed by atoms with van der Waals surface area (Å²) in [6.45, 7) is 2.55. The van der Waals surface area contributed by atoms with E-state index in [1.165, 1.54) is 26.0 Å². The lowest BCUT2D eigenvalue weighted by molar-refractivity contribution is -0.175. The number of halogens is 2. The van der Waals surface area contributed by atoms with E-state index in [-0.39, 0.29) is 12.2 Å². The first-order valence-electron chi connectivity index (χ1n) is 5.99. The van der Waals surface area contributed by atoms with Crippen molar-refractivity contribution in [3.63, 3.8) is 0 Å². The summed E-state index contributed by atoms with van der Waals surface area (Å²) in [4.78, 5) is 22.5. The molecule has 0 amide bonds. The predicted molar refractivity (Wildman–Crippen MR) is 66.1 cm³/mol. The molecule has 104 valence electrons. The van der Waals surface area contributed by atoms with Gasteiger partial charge < -0.3 is 9.53 Å². The van der Waals surface area contributed by atoms with Gasteiger partial charge in [0.25, 0.3) is 0 Å². The Hall–Kier alpha value is -1.78. The highest BCUT2D eigenvalue weighted by Crippen LogP contribution is 2.37. The molecule has 0 saturated carbocycles. The molecular formula is C14H16F2O3. The van der Waals surface area contributed by atoms with Crippen molar-refractivity contribution in [1.82, 2.24) is 0 Å². The lowest BCUT2D eigenvalue weighted by Gasteiger charge is -2.24. The Bertz CT molecular complexity index is 443. The Morgan fingerprint density at radius 3 is 2.32 bits per heavy atom. The van der Waals surface area contributed by atoms with Crippen LogP contribution in [0.2, 0.25) is 0 Å². The van der Waals surface area contributed by atoms with Crippen molar-refractivity contribution >= 4 is 11.8 Å². The molecular weight excluding hydrogens is 254 g/mol. The number of rotatable bonds is 6. The molecule has 0 aliphatic carbocycles. The van der Waals surface area contributed by atoms with Gasteiger partial charge in [-0.05, 0) is 19.4 Å². The zero-order chi connectivity index (χ0) is 14.5. The third kappa shape index (κ3) is 3.84. The minimum atomic E-state index is -3.72. The number of ether oxygens (including phenoxy) is 1. The molecule has 0 aromatic heterocycles. The van der Waals surface area contributed by atoms with E-state index in [4.69, 9.17) is 0 Å². The molecule has 0 aliphatic rings. The second-order valence-electron chi connectivity index (χ2n) is 4.21. The van der Waals surface area contributed by atoms with Crippen LogP contribution in [0.3, 0.4) is 0 Å². The Kier molecular flexibility index (Phi) is 5.15. The standard InChI is InChI=1S/C14H16F2O3/c1-3-19-13(18)14(15,16)12(9-10(2)17)11-7-5-4-6-8-11/h4-8,12H,3,9H2,1-2H3. The van der Waals surface area contributed by atoms with E-state index in [9.17, 15) is 18.4 Å². The molecule has 0 fully saturated rings. The first-order valence-corrected chi connectivity index (χ1v) is 5.99. The molecule has 1 rings (SSSR count). The van der Waals surface area contributed by atoms with Gasteiger partial charge in [0.1, 0.15) is 5.78 Å². The lowest BCUT2D eigenvalue weighted by atomic mass is 9.88. The highest BCUT2D eigenvalue weighted by Gasteiger charge is 2.49. The van der Waals surface area contributed by atoms with Crippen LogP contribution in [0.4, 0.5) is 8.78 Å². The zero-order valence-electron chi connectivity index (χ0n) is 10.9. The number of carbonyl (C=O) groups is 2. The molecule has 5 heteroatoms. The van der Waals surface area contributed by atoms with E-state index in [1.54, 1.807) is 18.2 Å². The minimum absolute atomic E-state index is 0.129. The van der Waals surface area contributed by atoms with Crippen molar-refractivity contribution < 1.29 is 23.1 Å². The second kappa shape index (κ2) is 6.41. The molecule has 0 heterocycles. The Morgan fingerprint density at radius 2 is 1.84 bits per heavy atom. The van der Waals surface area contributed by atoms with Gasteiger partial charge in [0.2, 0.25) is 0 Å². The molecule has 0 saturated heterocycles. The number of esters is 1. The van der Waals surface area contributed by atoms with Crippen LogP contribution in [0.1, 0.15) is 31.7 Å². The average molecular weight is 270 g/mol. The molecule has 1 aromatic carbocycles. The van der Waals surface area contributed by atoms with Crippen LogP contribution in [-0.4, -0.2) is 24.3 Å². The Labute approximate surface area is 110 Å². The van der Waals surface area contributed by atoms with Gasteiger partial charge in [-0.15, -0.1) is 0 Å². The number of alkyl halides is 2. The second-order valence-corrected chi connectivity index (χ2v) is 4.21. The van der Waals surface area contributed by atoms with Gasteiger partial charge in [0, 0.05) is 6.42 Å². The first kappa shape index (κ1) is 15.3. The quantitative estimate of drug-likeness (QED) is 0.746. The smallest absolute Gasteiger partial charge is 0.377 e. The normalized spacial score (nSPS) is 12.8. The van der Waals surface area contributed by atoms with Gasteiger partial charge >= 0.3 is 11.9 Å². The van der Waals surface area contributed by atoms with E-state index in [0.29, 0.717) is 0 Å². The van der Waals surface area contributed by atoms with Gasteiger partial charge in [-0.1, -0.05) is 30.3 Å². The fourth-order valence-electron chi connectivity index (χ4n) is 1.80. The largest absolute Gasteiger partial charge is 0.462 e. The summed E-state index contributed by atoms with van der Waals surface area (Å²) in [5.41, 5.74) is 0.246. The van der Waals surface area contributed by atoms with Crippen LogP contribution in [0.5, 0.6) is 0 Å². The molecule has 0 radical (unpaired) electrons. The molecule has 1 unspecified atom stereocenters. The maximum absolute atomic E-state index is 14.1. The van der Waals surface area contributed by atoms with Gasteiger partial charge in [0.05, 0.1) is 12.5 Å². The number of hydrogen-bond donors (Lipinski definition) is 0. The van der Waals surface area contributed by atoms with Gasteiger partial charge in [-0.25, -0.2) is 4.79 Å². The molecule has 0 aliphatic heterocycles. The summed E-state index contributed by atoms with van der Waals surface area (Å²) < 4.78 is 32.6. The number of carbonyl (C=O) groups excluding carboxylic acids is 2. The van der Waals surface area contributed by atoms with Gasteiger partial charge in [0.15, 0.2) is 0 Å². The highest BCUT2D eigenvalue weighted by atomic mass is 19.3. The Morgan fingerprint density at radius 1 is 1.26 bits per heavy atom. The Balaban J connectivity index is 3.10. The maximum atomic E-state index is 14.1. The molecule has 1 atom stereocenters. The SMILES string of the molecule is CCOC(=O)C(F)(F)C(CC(C)=O)c1ccccc1. The number of benzene rings is 1. The monoisotopic (exact) mass is 270 g/mol. The third-order valence-electron chi connectivity index (χ3n) is 2.68. The van der Waals surface area contributed by atoms with Crippen molar-refractivity contribution in [3.05, 3.63) is 35.9 Å². The summed E-state index contributed by atoms with van der Waals surface area (Å²) in [6, 6.07) is 7.80. The molecule has 0 spiro atoms. The summed E-state index contributed by atoms with van der Waals surface area (Å²) in [6.07, 6.45) is -0.407. The van der Waals surface area contributed by atoms with E-state index in [1.807, 2.05) is 0 Å². The van der Waals surface area contributed by atoms with Gasteiger partial charge in [-0.2, -0.15) is 8.78 Å². The van der Waals surface area contributed by atoms with Crippen LogP contribution in [0.15, 0.2) is 30.3 Å². The zero-order valence-corrected chi connectivity index (χ0v) is 10.9. The van der Waals surface area contributed by atoms with Gasteiger partial charge in [-0.3, -0.25) is 0 Å². The summed E-state index contributed by atoms with van der Waals surface area (Å²) in [5.74, 6) is -7.21. The van der Waals surface area contributed by atoms with Crippen molar-refractivity contribution in [1.29, 1.82) is 0 Å². The van der Waals surface area contributed by atoms with E-state index >= 15 is 0 Å². The summed E-state index contributed by atoms with van der Waals surface area (Å²) in [5, 5.41) is 0. The summed E-state index contributed by atoms with van der Waals surface area (Å²) in [7, 11) is 0. The van der Waals surface area contributed by atoms with E-state index in [0.717, 1.165) is 0 Å². The van der Waals surface area contributed by atoms with E-state index in [2.05, 4.69) is 4.74 Å². The van der Waals surface area contributed by atoms with Crippen molar-refractivity contribution in [2.75, 3.05) is 6.61 Å². The van der Waals surface area contributed by atoms with Crippen molar-refractivity contribution in [2.45, 2.75) is 32.1 Å². The lowest BCUT2D eigenvalue weighted by Crippen LogP contribution is -2.38. The van der Waals surface area contributed by atoms with Crippen LogP contribution in [-0.2, 0) is 14.3 Å². The summed E-state index contributed by atoms with van der Waals surface area (Å²) >= 11 is 0. The fourth-order valence-corrected chi connectivity index (χ4v) is 1.80. The first-order chi connectivity index (χ1) is 8.89. The fraction of sp³-hybridized carbons (Fsp3) is 0.429.